The van der Waals surface area contributed by atoms with Crippen LogP contribution in [-0.2, 0) is 9.53 Å². The van der Waals surface area contributed by atoms with E-state index < -0.39 is 0 Å². The third-order valence-corrected chi connectivity index (χ3v) is 8.04. The SMILES string of the molecule is CC1(C)CC(c2ccccc2C(N)=O)C[C@]2(C)[C@H]3CC(=O)O[C@]3(C)CC[C@@H]12. The standard InChI is InChI=1S/C23H31NO3/c1-21(2)12-14(15-7-5-6-8-16(15)20(24)26)13-22(3)17(21)9-10-23(4)18(22)11-19(25)27-23/h5-8,14,17-18H,9-13H2,1-4H3,(H2,24,26)/t14?,17-,18+,22-,23+/m0/s1. The minimum absolute atomic E-state index is 0.0103. The zero-order chi connectivity index (χ0) is 19.6. The summed E-state index contributed by atoms with van der Waals surface area (Å²) in [7, 11) is 0. The molecule has 0 spiro atoms. The van der Waals surface area contributed by atoms with E-state index in [9.17, 15) is 9.59 Å². The summed E-state index contributed by atoms with van der Waals surface area (Å²) in [5.41, 5.74) is 7.18. The molecule has 1 unspecified atom stereocenters. The van der Waals surface area contributed by atoms with E-state index in [0.29, 0.717) is 17.9 Å². The zero-order valence-corrected chi connectivity index (χ0v) is 16.9. The fraction of sp³-hybridized carbons (Fsp3) is 0.652. The maximum atomic E-state index is 12.2. The van der Waals surface area contributed by atoms with Gasteiger partial charge in [0.25, 0.3) is 0 Å². The molecular weight excluding hydrogens is 338 g/mol. The number of amides is 1. The number of primary amides is 1. The highest BCUT2D eigenvalue weighted by Crippen LogP contribution is 2.67. The van der Waals surface area contributed by atoms with E-state index >= 15 is 0 Å². The van der Waals surface area contributed by atoms with Crippen molar-refractivity contribution in [3.63, 3.8) is 0 Å². The number of carbonyl (C=O) groups is 2. The van der Waals surface area contributed by atoms with Crippen molar-refractivity contribution in [2.45, 2.75) is 71.3 Å². The van der Waals surface area contributed by atoms with Crippen molar-refractivity contribution >= 4 is 11.9 Å². The Morgan fingerprint density at radius 2 is 1.81 bits per heavy atom. The largest absolute Gasteiger partial charge is 0.459 e. The van der Waals surface area contributed by atoms with Crippen LogP contribution in [0, 0.1) is 22.7 Å². The average Bonchev–Trinajstić information content (AvgIpc) is 2.89. The van der Waals surface area contributed by atoms with Crippen molar-refractivity contribution in [1.29, 1.82) is 0 Å². The van der Waals surface area contributed by atoms with Crippen LogP contribution in [0.3, 0.4) is 0 Å². The lowest BCUT2D eigenvalue weighted by Gasteiger charge is -2.61. The van der Waals surface area contributed by atoms with E-state index in [1.807, 2.05) is 18.2 Å². The number of nitrogens with two attached hydrogens (primary N) is 1. The van der Waals surface area contributed by atoms with Gasteiger partial charge in [-0.25, -0.2) is 0 Å². The average molecular weight is 370 g/mol. The number of rotatable bonds is 2. The van der Waals surface area contributed by atoms with Gasteiger partial charge < -0.3 is 10.5 Å². The molecule has 1 aromatic carbocycles. The number of esters is 1. The third-order valence-electron chi connectivity index (χ3n) is 8.04. The molecule has 5 atom stereocenters. The molecule has 2 aliphatic carbocycles. The predicted octanol–water partition coefficient (Wildman–Crippen LogP) is 4.43. The van der Waals surface area contributed by atoms with Crippen molar-refractivity contribution in [1.82, 2.24) is 0 Å². The molecule has 3 fully saturated rings. The highest BCUT2D eigenvalue weighted by Gasteiger charge is 2.64. The first kappa shape index (κ1) is 18.5. The summed E-state index contributed by atoms with van der Waals surface area (Å²) in [6.07, 6.45) is 4.57. The monoisotopic (exact) mass is 369 g/mol. The number of fused-ring (bicyclic) bond motifs is 3. The van der Waals surface area contributed by atoms with Crippen LogP contribution < -0.4 is 5.73 Å². The third kappa shape index (κ3) is 2.71. The van der Waals surface area contributed by atoms with Gasteiger partial charge in [-0.1, -0.05) is 39.0 Å². The summed E-state index contributed by atoms with van der Waals surface area (Å²) in [5, 5.41) is 0. The quantitative estimate of drug-likeness (QED) is 0.784. The predicted molar refractivity (Wildman–Crippen MR) is 104 cm³/mol. The summed E-state index contributed by atoms with van der Waals surface area (Å²) < 4.78 is 5.82. The molecule has 0 radical (unpaired) electrons. The molecular formula is C23H31NO3. The van der Waals surface area contributed by atoms with Crippen LogP contribution in [0.25, 0.3) is 0 Å². The van der Waals surface area contributed by atoms with Gasteiger partial charge in [0.15, 0.2) is 0 Å². The van der Waals surface area contributed by atoms with Gasteiger partial charge in [0, 0.05) is 11.5 Å². The maximum Gasteiger partial charge on any atom is 0.306 e. The van der Waals surface area contributed by atoms with Gasteiger partial charge in [0.2, 0.25) is 5.91 Å². The van der Waals surface area contributed by atoms with Crippen LogP contribution >= 0.6 is 0 Å². The van der Waals surface area contributed by atoms with E-state index in [1.165, 1.54) is 0 Å². The second-order valence-corrected chi connectivity index (χ2v) is 10.2. The van der Waals surface area contributed by atoms with E-state index in [-0.39, 0.29) is 40.1 Å². The number of hydrogen-bond donors (Lipinski definition) is 1. The van der Waals surface area contributed by atoms with Crippen LogP contribution in [-0.4, -0.2) is 17.5 Å². The Morgan fingerprint density at radius 1 is 1.11 bits per heavy atom. The molecule has 3 aliphatic rings. The number of hydrogen-bond acceptors (Lipinski definition) is 3. The topological polar surface area (TPSA) is 69.4 Å². The Morgan fingerprint density at radius 3 is 2.52 bits per heavy atom. The summed E-state index contributed by atoms with van der Waals surface area (Å²) in [6.45, 7) is 9.20. The summed E-state index contributed by atoms with van der Waals surface area (Å²) in [6, 6.07) is 7.77. The fourth-order valence-electron chi connectivity index (χ4n) is 7.16. The van der Waals surface area contributed by atoms with Crippen LogP contribution in [0.2, 0.25) is 0 Å². The molecule has 4 nitrogen and oxygen atoms in total. The number of carbonyl (C=O) groups excluding carboxylic acids is 2. The van der Waals surface area contributed by atoms with Gasteiger partial charge in [0.05, 0.1) is 6.42 Å². The molecule has 2 saturated carbocycles. The smallest absolute Gasteiger partial charge is 0.306 e. The van der Waals surface area contributed by atoms with Gasteiger partial charge in [-0.15, -0.1) is 0 Å². The Bertz CT molecular complexity index is 801. The number of benzene rings is 1. The first-order chi connectivity index (χ1) is 12.6. The lowest BCUT2D eigenvalue weighted by atomic mass is 9.43. The molecule has 2 N–H and O–H groups in total. The maximum absolute atomic E-state index is 12.2. The van der Waals surface area contributed by atoms with Crippen molar-refractivity contribution in [2.75, 3.05) is 0 Å². The molecule has 0 bridgehead atoms. The van der Waals surface area contributed by atoms with Crippen LogP contribution in [0.1, 0.15) is 81.6 Å². The van der Waals surface area contributed by atoms with Gasteiger partial charge in [-0.3, -0.25) is 9.59 Å². The second kappa shape index (κ2) is 5.83. The van der Waals surface area contributed by atoms with Gasteiger partial charge >= 0.3 is 5.97 Å². The van der Waals surface area contributed by atoms with Crippen LogP contribution in [0.5, 0.6) is 0 Å². The lowest BCUT2D eigenvalue weighted by molar-refractivity contribution is -0.166. The molecule has 1 aromatic rings. The Labute approximate surface area is 161 Å². The molecule has 1 amide bonds. The fourth-order valence-corrected chi connectivity index (χ4v) is 7.16. The first-order valence-electron chi connectivity index (χ1n) is 10.2. The zero-order valence-electron chi connectivity index (χ0n) is 16.9. The van der Waals surface area contributed by atoms with Gasteiger partial charge in [-0.05, 0) is 66.9 Å². The Hall–Kier alpha value is -1.84. The highest BCUT2D eigenvalue weighted by atomic mass is 16.6. The number of ether oxygens (including phenoxy) is 1. The molecule has 1 heterocycles. The normalized spacial score (nSPS) is 40.0. The summed E-state index contributed by atoms with van der Waals surface area (Å²) in [4.78, 5) is 24.2. The molecule has 27 heavy (non-hydrogen) atoms. The first-order valence-corrected chi connectivity index (χ1v) is 10.2. The van der Waals surface area contributed by atoms with E-state index in [2.05, 4.69) is 33.8 Å². The minimum Gasteiger partial charge on any atom is -0.459 e. The highest BCUT2D eigenvalue weighted by molar-refractivity contribution is 5.94. The Balaban J connectivity index is 1.78. The molecule has 4 rings (SSSR count). The van der Waals surface area contributed by atoms with E-state index in [0.717, 1.165) is 31.2 Å². The molecule has 4 heteroatoms. The van der Waals surface area contributed by atoms with Crippen LogP contribution in [0.4, 0.5) is 0 Å². The van der Waals surface area contributed by atoms with Crippen molar-refractivity contribution in [2.24, 2.45) is 28.4 Å². The molecule has 146 valence electrons. The van der Waals surface area contributed by atoms with Crippen molar-refractivity contribution in [3.05, 3.63) is 35.4 Å². The van der Waals surface area contributed by atoms with E-state index in [4.69, 9.17) is 10.5 Å². The molecule has 1 aliphatic heterocycles. The van der Waals surface area contributed by atoms with Crippen LogP contribution in [0.15, 0.2) is 24.3 Å². The van der Waals surface area contributed by atoms with Gasteiger partial charge in [0.1, 0.15) is 5.60 Å². The molecule has 0 aromatic heterocycles. The summed E-state index contributed by atoms with van der Waals surface area (Å²) >= 11 is 0. The van der Waals surface area contributed by atoms with E-state index in [1.54, 1.807) is 0 Å². The van der Waals surface area contributed by atoms with Crippen molar-refractivity contribution < 1.29 is 14.3 Å². The lowest BCUT2D eigenvalue weighted by Crippen LogP contribution is -2.57. The molecule has 1 saturated heterocycles. The Kier molecular flexibility index (Phi) is 4.00. The minimum atomic E-state index is -0.358. The van der Waals surface area contributed by atoms with Gasteiger partial charge in [-0.2, -0.15) is 0 Å². The second-order valence-electron chi connectivity index (χ2n) is 10.2. The summed E-state index contributed by atoms with van der Waals surface area (Å²) in [5.74, 6) is 0.641. The van der Waals surface area contributed by atoms with Crippen molar-refractivity contribution in [3.8, 4) is 0 Å².